The molecular formula is C8H13N2O. The van der Waals surface area contributed by atoms with Crippen molar-refractivity contribution in [3.8, 4) is 0 Å². The van der Waals surface area contributed by atoms with Crippen molar-refractivity contribution in [1.82, 2.24) is 10.6 Å². The summed E-state index contributed by atoms with van der Waals surface area (Å²) in [5, 5.41) is 7.17. The van der Waals surface area contributed by atoms with Gasteiger partial charge < -0.3 is 5.32 Å². The van der Waals surface area contributed by atoms with E-state index >= 15 is 0 Å². The zero-order chi connectivity index (χ0) is 7.68. The van der Waals surface area contributed by atoms with Crippen LogP contribution in [0.3, 0.4) is 0 Å². The van der Waals surface area contributed by atoms with E-state index in [1.165, 1.54) is 12.8 Å². The van der Waals surface area contributed by atoms with Crippen molar-refractivity contribution in [2.24, 2.45) is 0 Å². The molecule has 0 aromatic carbocycles. The fourth-order valence-electron chi connectivity index (χ4n) is 1.36. The molecule has 0 spiro atoms. The number of carbonyl (C=O) groups is 1. The molecule has 1 saturated heterocycles. The number of hydrogen-bond donors (Lipinski definition) is 1. The van der Waals surface area contributed by atoms with Crippen LogP contribution in [0.4, 0.5) is 0 Å². The van der Waals surface area contributed by atoms with Gasteiger partial charge in [0.25, 0.3) is 0 Å². The molecule has 1 atom stereocenters. The Balaban J connectivity index is 1.77. The van der Waals surface area contributed by atoms with Gasteiger partial charge in [-0.1, -0.05) is 0 Å². The lowest BCUT2D eigenvalue weighted by atomic mass is 10.2. The maximum Gasteiger partial charge on any atom is 0.238 e. The van der Waals surface area contributed by atoms with Crippen molar-refractivity contribution >= 4 is 5.91 Å². The number of nitrogens with zero attached hydrogens (tertiary/aromatic N) is 1. The smallest absolute Gasteiger partial charge is 0.238 e. The molecule has 11 heavy (non-hydrogen) atoms. The van der Waals surface area contributed by atoms with Crippen molar-refractivity contribution < 1.29 is 4.79 Å². The average Bonchev–Trinajstić information content (AvgIpc) is 2.67. The van der Waals surface area contributed by atoms with Crippen LogP contribution in [0, 0.1) is 0 Å². The summed E-state index contributed by atoms with van der Waals surface area (Å²) in [6.45, 7) is 0.878. The van der Waals surface area contributed by atoms with Gasteiger partial charge in [-0.3, -0.25) is 4.79 Å². The topological polar surface area (TPSA) is 43.2 Å². The standard InChI is InChI=1S/C8H13N2O/c11-8(10-6-3-4-6)7-2-1-5-9-7/h6-7H,1-5H2,(H,10,11)/t7-/m1/s1. The summed E-state index contributed by atoms with van der Waals surface area (Å²) in [5.41, 5.74) is 0. The van der Waals surface area contributed by atoms with Crippen LogP contribution in [-0.4, -0.2) is 24.5 Å². The van der Waals surface area contributed by atoms with Gasteiger partial charge in [-0.2, -0.15) is 0 Å². The van der Waals surface area contributed by atoms with E-state index in [4.69, 9.17) is 0 Å². The van der Waals surface area contributed by atoms with Crippen molar-refractivity contribution in [2.45, 2.75) is 37.8 Å². The van der Waals surface area contributed by atoms with Crippen LogP contribution in [-0.2, 0) is 4.79 Å². The Kier molecular flexibility index (Phi) is 1.82. The van der Waals surface area contributed by atoms with Crippen LogP contribution in [0.25, 0.3) is 0 Å². The first-order chi connectivity index (χ1) is 5.36. The zero-order valence-corrected chi connectivity index (χ0v) is 6.55. The van der Waals surface area contributed by atoms with Crippen LogP contribution in [0.15, 0.2) is 0 Å². The Morgan fingerprint density at radius 1 is 1.36 bits per heavy atom. The molecule has 2 fully saturated rings. The summed E-state index contributed by atoms with van der Waals surface area (Å²) in [6, 6.07) is 0.467. The minimum atomic E-state index is -0.0180. The first-order valence-corrected chi connectivity index (χ1v) is 4.33. The maximum absolute atomic E-state index is 11.3. The summed E-state index contributed by atoms with van der Waals surface area (Å²) in [7, 11) is 0. The fraction of sp³-hybridized carbons (Fsp3) is 0.875. The van der Waals surface area contributed by atoms with Crippen LogP contribution in [0.1, 0.15) is 25.7 Å². The minimum Gasteiger partial charge on any atom is -0.352 e. The monoisotopic (exact) mass is 153 g/mol. The second kappa shape index (κ2) is 2.81. The number of carbonyl (C=O) groups excluding carboxylic acids is 1. The molecule has 0 bridgehead atoms. The molecule has 1 saturated carbocycles. The normalized spacial score (nSPS) is 30.4. The highest BCUT2D eigenvalue weighted by atomic mass is 16.2. The van der Waals surface area contributed by atoms with Gasteiger partial charge >= 0.3 is 0 Å². The van der Waals surface area contributed by atoms with Gasteiger partial charge in [-0.05, 0) is 25.7 Å². The van der Waals surface area contributed by atoms with Gasteiger partial charge in [-0.25, -0.2) is 5.32 Å². The lowest BCUT2D eigenvalue weighted by Crippen LogP contribution is -2.38. The first kappa shape index (κ1) is 7.10. The van der Waals surface area contributed by atoms with E-state index < -0.39 is 0 Å². The van der Waals surface area contributed by atoms with E-state index in [1.807, 2.05) is 0 Å². The van der Waals surface area contributed by atoms with Crippen LogP contribution in [0.2, 0.25) is 0 Å². The Hall–Kier alpha value is -0.570. The summed E-state index contributed by atoms with van der Waals surface area (Å²) in [6.07, 6.45) is 4.37. The van der Waals surface area contributed by atoms with E-state index in [2.05, 4.69) is 10.6 Å². The van der Waals surface area contributed by atoms with Gasteiger partial charge in [0.15, 0.2) is 0 Å². The highest BCUT2D eigenvalue weighted by molar-refractivity contribution is 5.82. The maximum atomic E-state index is 11.3. The molecule has 1 amide bonds. The third-order valence-corrected chi connectivity index (χ3v) is 2.21. The molecule has 2 aliphatic rings. The Morgan fingerprint density at radius 3 is 2.73 bits per heavy atom. The predicted molar refractivity (Wildman–Crippen MR) is 41.2 cm³/mol. The molecule has 0 unspecified atom stereocenters. The fourth-order valence-corrected chi connectivity index (χ4v) is 1.36. The minimum absolute atomic E-state index is 0.0180. The van der Waals surface area contributed by atoms with Crippen LogP contribution >= 0.6 is 0 Å². The molecule has 0 aromatic rings. The Labute approximate surface area is 66.5 Å². The van der Waals surface area contributed by atoms with Crippen molar-refractivity contribution in [1.29, 1.82) is 0 Å². The van der Waals surface area contributed by atoms with Crippen LogP contribution in [0.5, 0.6) is 0 Å². The quantitative estimate of drug-likeness (QED) is 0.597. The molecule has 1 N–H and O–H groups in total. The number of nitrogens with one attached hydrogen (secondary N) is 1. The van der Waals surface area contributed by atoms with Gasteiger partial charge in [0.2, 0.25) is 5.91 Å². The SMILES string of the molecule is O=C(NC1CC1)[C@H]1CCC[N]1. The second-order valence-corrected chi connectivity index (χ2v) is 3.35. The summed E-state index contributed by atoms with van der Waals surface area (Å²) < 4.78 is 0. The van der Waals surface area contributed by atoms with E-state index in [9.17, 15) is 4.79 Å². The van der Waals surface area contributed by atoms with Gasteiger partial charge in [0.1, 0.15) is 6.04 Å². The molecule has 3 nitrogen and oxygen atoms in total. The highest BCUT2D eigenvalue weighted by Crippen LogP contribution is 2.19. The van der Waals surface area contributed by atoms with E-state index in [-0.39, 0.29) is 11.9 Å². The largest absolute Gasteiger partial charge is 0.352 e. The highest BCUT2D eigenvalue weighted by Gasteiger charge is 2.29. The zero-order valence-electron chi connectivity index (χ0n) is 6.55. The summed E-state index contributed by atoms with van der Waals surface area (Å²) in [4.78, 5) is 11.3. The van der Waals surface area contributed by atoms with E-state index in [0.29, 0.717) is 6.04 Å². The lowest BCUT2D eigenvalue weighted by molar-refractivity contribution is -0.123. The average molecular weight is 153 g/mol. The third kappa shape index (κ3) is 1.71. The van der Waals surface area contributed by atoms with Crippen molar-refractivity contribution in [3.05, 3.63) is 0 Å². The van der Waals surface area contributed by atoms with Crippen molar-refractivity contribution in [2.75, 3.05) is 6.54 Å². The summed E-state index contributed by atoms with van der Waals surface area (Å²) in [5.74, 6) is 0.157. The lowest BCUT2D eigenvalue weighted by Gasteiger charge is -2.07. The molecule has 3 heteroatoms. The Morgan fingerprint density at radius 2 is 2.18 bits per heavy atom. The van der Waals surface area contributed by atoms with Crippen LogP contribution < -0.4 is 10.6 Å². The number of hydrogen-bond acceptors (Lipinski definition) is 1. The molecule has 1 heterocycles. The molecule has 1 radical (unpaired) electrons. The van der Waals surface area contributed by atoms with Gasteiger partial charge in [0.05, 0.1) is 0 Å². The molecule has 61 valence electrons. The predicted octanol–water partition coefficient (Wildman–Crippen LogP) is 0.0318. The first-order valence-electron chi connectivity index (χ1n) is 4.33. The molecular weight excluding hydrogens is 140 g/mol. The van der Waals surface area contributed by atoms with Gasteiger partial charge in [-0.15, -0.1) is 0 Å². The molecule has 1 aliphatic carbocycles. The summed E-state index contributed by atoms with van der Waals surface area (Å²) >= 11 is 0. The number of amides is 1. The van der Waals surface area contributed by atoms with Gasteiger partial charge in [0, 0.05) is 12.6 Å². The van der Waals surface area contributed by atoms with E-state index in [1.54, 1.807) is 0 Å². The molecule has 0 aromatic heterocycles. The van der Waals surface area contributed by atoms with E-state index in [0.717, 1.165) is 19.4 Å². The number of rotatable bonds is 2. The van der Waals surface area contributed by atoms with Crippen molar-refractivity contribution in [3.63, 3.8) is 0 Å². The molecule has 1 aliphatic heterocycles. The molecule has 2 rings (SSSR count). The third-order valence-electron chi connectivity index (χ3n) is 2.21. The Bertz CT molecular complexity index is 159. The second-order valence-electron chi connectivity index (χ2n) is 3.35.